The van der Waals surface area contributed by atoms with Crippen molar-refractivity contribution in [3.8, 4) is 0 Å². The maximum atomic E-state index is 4.39. The molecule has 2 heterocycles. The lowest BCUT2D eigenvalue weighted by molar-refractivity contribution is 0.664. The van der Waals surface area contributed by atoms with Gasteiger partial charge in [0, 0.05) is 11.6 Å². The second kappa shape index (κ2) is 2.31. The minimum atomic E-state index is 0.640. The highest BCUT2D eigenvalue weighted by molar-refractivity contribution is 5.81. The number of aromatic nitrogens is 3. The van der Waals surface area contributed by atoms with Gasteiger partial charge in [0.15, 0.2) is 0 Å². The average Bonchev–Trinajstić information content (AvgIpc) is 2.87. The first-order valence-corrected chi connectivity index (χ1v) is 4.64. The highest BCUT2D eigenvalue weighted by Gasteiger charge is 2.25. The van der Waals surface area contributed by atoms with Crippen LogP contribution in [0.15, 0.2) is 18.6 Å². The molecule has 1 saturated carbocycles. The smallest absolute Gasteiger partial charge is 0.0871 e. The lowest BCUT2D eigenvalue weighted by atomic mass is 10.2. The highest BCUT2D eigenvalue weighted by Crippen LogP contribution is 2.36. The molecule has 1 aliphatic rings. The summed E-state index contributed by atoms with van der Waals surface area (Å²) in [6, 6.07) is 0.640. The third-order valence-electron chi connectivity index (χ3n) is 2.62. The molecule has 0 radical (unpaired) electrons. The molecular weight excluding hydrogens is 162 g/mol. The minimum Gasteiger partial charge on any atom is -0.262 e. The van der Waals surface area contributed by atoms with Crippen LogP contribution in [0.4, 0.5) is 0 Å². The van der Waals surface area contributed by atoms with Crippen molar-refractivity contribution in [1.82, 2.24) is 14.8 Å². The molecule has 3 heteroatoms. The monoisotopic (exact) mass is 173 g/mol. The molecule has 0 amide bonds. The van der Waals surface area contributed by atoms with Crippen molar-refractivity contribution in [1.29, 1.82) is 0 Å². The molecular formula is C10H11N3. The molecule has 66 valence electrons. The standard InChI is InChI=1S/C10H11N3/c1-7-4-11-6-10-9(7)5-12-13(10)8-2-3-8/h4-6,8H,2-3H2,1H3. The van der Waals surface area contributed by atoms with Gasteiger partial charge in [0.1, 0.15) is 0 Å². The predicted octanol–water partition coefficient (Wildman–Crippen LogP) is 2.07. The van der Waals surface area contributed by atoms with Crippen LogP contribution in [0.25, 0.3) is 10.9 Å². The number of pyridine rings is 1. The summed E-state index contributed by atoms with van der Waals surface area (Å²) in [7, 11) is 0. The Bertz CT molecular complexity index is 454. The van der Waals surface area contributed by atoms with Crippen LogP contribution in [0.2, 0.25) is 0 Å². The molecule has 1 fully saturated rings. The van der Waals surface area contributed by atoms with Crippen molar-refractivity contribution < 1.29 is 0 Å². The molecule has 3 nitrogen and oxygen atoms in total. The van der Waals surface area contributed by atoms with E-state index in [9.17, 15) is 0 Å². The molecule has 2 aromatic heterocycles. The Labute approximate surface area is 76.4 Å². The van der Waals surface area contributed by atoms with Gasteiger partial charge in [-0.15, -0.1) is 0 Å². The lowest BCUT2D eigenvalue weighted by Gasteiger charge is -1.99. The topological polar surface area (TPSA) is 30.7 Å². The average molecular weight is 173 g/mol. The zero-order valence-corrected chi connectivity index (χ0v) is 7.57. The number of nitrogens with zero attached hydrogens (tertiary/aromatic N) is 3. The van der Waals surface area contributed by atoms with Crippen molar-refractivity contribution in [2.45, 2.75) is 25.8 Å². The second-order valence-corrected chi connectivity index (χ2v) is 3.71. The van der Waals surface area contributed by atoms with E-state index in [4.69, 9.17) is 0 Å². The van der Waals surface area contributed by atoms with Gasteiger partial charge in [0.25, 0.3) is 0 Å². The Morgan fingerprint density at radius 1 is 1.31 bits per heavy atom. The van der Waals surface area contributed by atoms with Gasteiger partial charge in [0.2, 0.25) is 0 Å². The SMILES string of the molecule is Cc1cncc2c1cnn2C1CC1. The highest BCUT2D eigenvalue weighted by atomic mass is 15.3. The first-order chi connectivity index (χ1) is 6.36. The molecule has 3 rings (SSSR count). The van der Waals surface area contributed by atoms with E-state index in [0.717, 1.165) is 0 Å². The Morgan fingerprint density at radius 3 is 2.92 bits per heavy atom. The number of rotatable bonds is 1. The van der Waals surface area contributed by atoms with Crippen molar-refractivity contribution in [3.63, 3.8) is 0 Å². The van der Waals surface area contributed by atoms with E-state index in [-0.39, 0.29) is 0 Å². The molecule has 0 saturated heterocycles. The summed E-state index contributed by atoms with van der Waals surface area (Å²) in [6.07, 6.45) is 8.29. The van der Waals surface area contributed by atoms with Crippen LogP contribution >= 0.6 is 0 Å². The van der Waals surface area contributed by atoms with Gasteiger partial charge in [-0.25, -0.2) is 0 Å². The summed E-state index contributed by atoms with van der Waals surface area (Å²) < 4.78 is 2.11. The van der Waals surface area contributed by atoms with E-state index >= 15 is 0 Å². The lowest BCUT2D eigenvalue weighted by Crippen LogP contribution is -1.95. The van der Waals surface area contributed by atoms with Gasteiger partial charge in [-0.1, -0.05) is 0 Å². The Kier molecular flexibility index (Phi) is 1.26. The molecule has 0 atom stereocenters. The zero-order chi connectivity index (χ0) is 8.84. The quantitative estimate of drug-likeness (QED) is 0.661. The van der Waals surface area contributed by atoms with Gasteiger partial charge in [-0.05, 0) is 25.3 Å². The largest absolute Gasteiger partial charge is 0.262 e. The summed E-state index contributed by atoms with van der Waals surface area (Å²) in [6.45, 7) is 2.08. The minimum absolute atomic E-state index is 0.640. The van der Waals surface area contributed by atoms with Crippen LogP contribution in [0.5, 0.6) is 0 Å². The van der Waals surface area contributed by atoms with E-state index in [1.807, 2.05) is 18.6 Å². The summed E-state index contributed by atoms with van der Waals surface area (Å²) >= 11 is 0. The normalized spacial score (nSPS) is 16.7. The Balaban J connectivity index is 2.32. The van der Waals surface area contributed by atoms with Crippen molar-refractivity contribution >= 4 is 10.9 Å². The summed E-state index contributed by atoms with van der Waals surface area (Å²) in [5.74, 6) is 0. The van der Waals surface area contributed by atoms with Gasteiger partial charge < -0.3 is 0 Å². The molecule has 0 N–H and O–H groups in total. The number of hydrogen-bond donors (Lipinski definition) is 0. The fourth-order valence-corrected chi connectivity index (χ4v) is 1.70. The summed E-state index contributed by atoms with van der Waals surface area (Å²) in [5, 5.41) is 5.63. The van der Waals surface area contributed by atoms with Gasteiger partial charge in [-0.2, -0.15) is 5.10 Å². The predicted molar refractivity (Wildman–Crippen MR) is 50.5 cm³/mol. The Hall–Kier alpha value is -1.38. The maximum Gasteiger partial charge on any atom is 0.0871 e. The van der Waals surface area contributed by atoms with Gasteiger partial charge in [-0.3, -0.25) is 9.67 Å². The molecule has 2 aromatic rings. The van der Waals surface area contributed by atoms with Crippen LogP contribution in [0, 0.1) is 6.92 Å². The first kappa shape index (κ1) is 7.06. The van der Waals surface area contributed by atoms with E-state index in [2.05, 4.69) is 21.7 Å². The van der Waals surface area contributed by atoms with E-state index in [1.165, 1.54) is 29.3 Å². The summed E-state index contributed by atoms with van der Waals surface area (Å²) in [5.41, 5.74) is 2.40. The number of aryl methyl sites for hydroxylation is 1. The molecule has 0 aliphatic heterocycles. The molecule has 0 spiro atoms. The molecule has 0 bridgehead atoms. The van der Waals surface area contributed by atoms with E-state index < -0.39 is 0 Å². The summed E-state index contributed by atoms with van der Waals surface area (Å²) in [4.78, 5) is 4.19. The number of fused-ring (bicyclic) bond motifs is 1. The van der Waals surface area contributed by atoms with E-state index in [0.29, 0.717) is 6.04 Å². The van der Waals surface area contributed by atoms with Gasteiger partial charge in [0.05, 0.1) is 24.0 Å². The van der Waals surface area contributed by atoms with Crippen molar-refractivity contribution in [2.24, 2.45) is 0 Å². The van der Waals surface area contributed by atoms with Crippen LogP contribution in [0.1, 0.15) is 24.4 Å². The molecule has 1 aliphatic carbocycles. The van der Waals surface area contributed by atoms with Crippen LogP contribution in [0.3, 0.4) is 0 Å². The van der Waals surface area contributed by atoms with Gasteiger partial charge >= 0.3 is 0 Å². The maximum absolute atomic E-state index is 4.39. The molecule has 13 heavy (non-hydrogen) atoms. The molecule has 0 unspecified atom stereocenters. The van der Waals surface area contributed by atoms with Crippen molar-refractivity contribution in [2.75, 3.05) is 0 Å². The van der Waals surface area contributed by atoms with Crippen LogP contribution in [-0.2, 0) is 0 Å². The number of hydrogen-bond acceptors (Lipinski definition) is 2. The van der Waals surface area contributed by atoms with Crippen LogP contribution < -0.4 is 0 Å². The zero-order valence-electron chi connectivity index (χ0n) is 7.57. The van der Waals surface area contributed by atoms with Crippen molar-refractivity contribution in [3.05, 3.63) is 24.2 Å². The second-order valence-electron chi connectivity index (χ2n) is 3.71. The Morgan fingerprint density at radius 2 is 2.15 bits per heavy atom. The fraction of sp³-hybridized carbons (Fsp3) is 0.400. The third kappa shape index (κ3) is 0.963. The van der Waals surface area contributed by atoms with E-state index in [1.54, 1.807) is 0 Å². The van der Waals surface area contributed by atoms with Crippen LogP contribution in [-0.4, -0.2) is 14.8 Å². The third-order valence-corrected chi connectivity index (χ3v) is 2.62. The molecule has 0 aromatic carbocycles. The fourth-order valence-electron chi connectivity index (χ4n) is 1.70. The first-order valence-electron chi connectivity index (χ1n) is 4.64.